The first-order chi connectivity index (χ1) is 8.56. The number of carbonyl (C=O) groups is 1. The van der Waals surface area contributed by atoms with E-state index in [4.69, 9.17) is 27.9 Å². The Kier molecular flexibility index (Phi) is 3.59. The highest BCUT2D eigenvalue weighted by atomic mass is 35.5. The van der Waals surface area contributed by atoms with Gasteiger partial charge in [0.05, 0.1) is 12.1 Å². The van der Waals surface area contributed by atoms with Crippen LogP contribution in [0.25, 0.3) is 0 Å². The smallest absolute Gasteiger partial charge is 0.212 e. The Labute approximate surface area is 114 Å². The van der Waals surface area contributed by atoms with Gasteiger partial charge in [0.25, 0.3) is 0 Å². The van der Waals surface area contributed by atoms with Crippen LogP contribution in [0.3, 0.4) is 0 Å². The highest BCUT2D eigenvalue weighted by Crippen LogP contribution is 2.35. The van der Waals surface area contributed by atoms with Crippen molar-refractivity contribution in [2.24, 2.45) is 7.05 Å². The van der Waals surface area contributed by atoms with Gasteiger partial charge in [0.2, 0.25) is 5.78 Å². The maximum atomic E-state index is 12.3. The molecule has 0 aliphatic heterocycles. The van der Waals surface area contributed by atoms with E-state index in [0.717, 1.165) is 0 Å². The summed E-state index contributed by atoms with van der Waals surface area (Å²) < 4.78 is 6.51. The number of hydrogen-bond donors (Lipinski definition) is 0. The number of aryl methyl sites for hydroxylation is 1. The van der Waals surface area contributed by atoms with Gasteiger partial charge in [0.15, 0.2) is 0 Å². The number of benzene rings is 1. The van der Waals surface area contributed by atoms with E-state index in [0.29, 0.717) is 17.0 Å². The molecule has 0 amide bonds. The normalized spacial score (nSPS) is 10.4. The van der Waals surface area contributed by atoms with Crippen molar-refractivity contribution in [2.45, 2.75) is 0 Å². The molecule has 0 atom stereocenters. The summed E-state index contributed by atoms with van der Waals surface area (Å²) in [4.78, 5) is 12.3. The predicted molar refractivity (Wildman–Crippen MR) is 69.7 cm³/mol. The van der Waals surface area contributed by atoms with Gasteiger partial charge in [-0.1, -0.05) is 23.2 Å². The Balaban J connectivity index is 2.50. The summed E-state index contributed by atoms with van der Waals surface area (Å²) >= 11 is 12.1. The van der Waals surface area contributed by atoms with Gasteiger partial charge in [0.1, 0.15) is 16.5 Å². The number of hydrogen-bond acceptors (Lipinski definition) is 3. The second kappa shape index (κ2) is 5.00. The van der Waals surface area contributed by atoms with Crippen molar-refractivity contribution >= 4 is 29.0 Å². The lowest BCUT2D eigenvalue weighted by Gasteiger charge is -2.09. The molecule has 6 heteroatoms. The summed E-state index contributed by atoms with van der Waals surface area (Å²) in [6.07, 6.45) is 1.55. The molecule has 4 nitrogen and oxygen atoms in total. The van der Waals surface area contributed by atoms with E-state index in [-0.39, 0.29) is 15.8 Å². The fraction of sp³-hybridized carbons (Fsp3) is 0.167. The van der Waals surface area contributed by atoms with Crippen LogP contribution in [0, 0.1) is 0 Å². The van der Waals surface area contributed by atoms with Crippen LogP contribution in [-0.2, 0) is 7.05 Å². The Morgan fingerprint density at radius 3 is 2.56 bits per heavy atom. The highest BCUT2D eigenvalue weighted by Gasteiger charge is 2.19. The maximum Gasteiger partial charge on any atom is 0.212 e. The Morgan fingerprint density at radius 2 is 2.00 bits per heavy atom. The van der Waals surface area contributed by atoms with Crippen LogP contribution in [0.2, 0.25) is 10.0 Å². The number of aromatic nitrogens is 2. The molecule has 0 saturated carbocycles. The zero-order valence-electron chi connectivity index (χ0n) is 9.78. The van der Waals surface area contributed by atoms with Crippen molar-refractivity contribution < 1.29 is 9.53 Å². The average molecular weight is 285 g/mol. The van der Waals surface area contributed by atoms with Crippen molar-refractivity contribution in [1.29, 1.82) is 0 Å². The number of ether oxygens (including phenoxy) is 1. The number of methoxy groups -OCH3 is 1. The highest BCUT2D eigenvalue weighted by molar-refractivity contribution is 6.45. The molecule has 1 aromatic heterocycles. The first-order valence-corrected chi connectivity index (χ1v) is 5.86. The fourth-order valence-corrected chi connectivity index (χ4v) is 2.08. The molecule has 0 spiro atoms. The zero-order valence-corrected chi connectivity index (χ0v) is 11.3. The van der Waals surface area contributed by atoms with Crippen LogP contribution in [0.15, 0.2) is 24.4 Å². The van der Waals surface area contributed by atoms with Gasteiger partial charge < -0.3 is 4.74 Å². The third-order valence-corrected chi connectivity index (χ3v) is 3.43. The summed E-state index contributed by atoms with van der Waals surface area (Å²) in [6.45, 7) is 0. The molecule has 18 heavy (non-hydrogen) atoms. The fourth-order valence-electron chi connectivity index (χ4n) is 1.60. The standard InChI is InChI=1S/C12H10Cl2N2O2/c1-16-8(5-6-15-16)12(17)7-3-4-9(18-2)11(14)10(7)13/h3-6H,1-2H3. The van der Waals surface area contributed by atoms with Gasteiger partial charge >= 0.3 is 0 Å². The Morgan fingerprint density at radius 1 is 1.28 bits per heavy atom. The molecule has 0 radical (unpaired) electrons. The van der Waals surface area contributed by atoms with E-state index in [1.54, 1.807) is 31.4 Å². The van der Waals surface area contributed by atoms with Crippen molar-refractivity contribution in [1.82, 2.24) is 9.78 Å². The minimum Gasteiger partial charge on any atom is -0.495 e. The van der Waals surface area contributed by atoms with E-state index in [2.05, 4.69) is 5.10 Å². The number of halogens is 2. The third kappa shape index (κ3) is 2.09. The zero-order chi connectivity index (χ0) is 13.3. The van der Waals surface area contributed by atoms with E-state index in [1.165, 1.54) is 11.8 Å². The summed E-state index contributed by atoms with van der Waals surface area (Å²) in [5, 5.41) is 4.36. The van der Waals surface area contributed by atoms with Crippen LogP contribution < -0.4 is 4.74 Å². The van der Waals surface area contributed by atoms with Gasteiger partial charge in [-0.15, -0.1) is 0 Å². The van der Waals surface area contributed by atoms with Gasteiger partial charge in [-0.25, -0.2) is 0 Å². The van der Waals surface area contributed by atoms with Gasteiger partial charge in [-0.05, 0) is 18.2 Å². The molecular formula is C12H10Cl2N2O2. The SMILES string of the molecule is COc1ccc(C(=O)c2ccnn2C)c(Cl)c1Cl. The molecule has 0 aliphatic carbocycles. The first-order valence-electron chi connectivity index (χ1n) is 5.11. The summed E-state index contributed by atoms with van der Waals surface area (Å²) in [5.74, 6) is 0.202. The monoisotopic (exact) mass is 284 g/mol. The third-order valence-electron chi connectivity index (χ3n) is 2.56. The second-order valence-corrected chi connectivity index (χ2v) is 4.37. The molecule has 0 bridgehead atoms. The number of rotatable bonds is 3. The van der Waals surface area contributed by atoms with Gasteiger partial charge in [-0.2, -0.15) is 5.10 Å². The number of carbonyl (C=O) groups excluding carboxylic acids is 1. The molecule has 2 aromatic rings. The molecule has 0 aliphatic rings. The summed E-state index contributed by atoms with van der Waals surface area (Å²) in [5.41, 5.74) is 0.768. The van der Waals surface area contributed by atoms with Crippen LogP contribution >= 0.6 is 23.2 Å². The van der Waals surface area contributed by atoms with Crippen molar-refractivity contribution in [3.63, 3.8) is 0 Å². The van der Waals surface area contributed by atoms with E-state index in [9.17, 15) is 4.79 Å². The minimum atomic E-state index is -0.232. The maximum absolute atomic E-state index is 12.3. The van der Waals surface area contributed by atoms with Crippen molar-refractivity contribution in [3.8, 4) is 5.75 Å². The average Bonchev–Trinajstić information content (AvgIpc) is 2.78. The van der Waals surface area contributed by atoms with E-state index in [1.807, 2.05) is 0 Å². The molecule has 94 valence electrons. The summed E-state index contributed by atoms with van der Waals surface area (Å²) in [6, 6.07) is 4.82. The van der Waals surface area contributed by atoms with Crippen LogP contribution in [-0.4, -0.2) is 22.7 Å². The molecule has 0 N–H and O–H groups in total. The van der Waals surface area contributed by atoms with Crippen molar-refractivity contribution in [3.05, 3.63) is 45.7 Å². The molecular weight excluding hydrogens is 275 g/mol. The molecule has 0 fully saturated rings. The largest absolute Gasteiger partial charge is 0.495 e. The predicted octanol–water partition coefficient (Wildman–Crippen LogP) is 2.97. The van der Waals surface area contributed by atoms with E-state index < -0.39 is 0 Å². The lowest BCUT2D eigenvalue weighted by atomic mass is 10.1. The van der Waals surface area contributed by atoms with Crippen LogP contribution in [0.5, 0.6) is 5.75 Å². The van der Waals surface area contributed by atoms with Gasteiger partial charge in [0, 0.05) is 18.8 Å². The van der Waals surface area contributed by atoms with Crippen LogP contribution in [0.1, 0.15) is 16.1 Å². The second-order valence-electron chi connectivity index (χ2n) is 3.61. The molecule has 0 unspecified atom stereocenters. The Hall–Kier alpha value is -1.52. The van der Waals surface area contributed by atoms with E-state index >= 15 is 0 Å². The quantitative estimate of drug-likeness (QED) is 0.814. The van der Waals surface area contributed by atoms with Crippen LogP contribution in [0.4, 0.5) is 0 Å². The number of ketones is 1. The first kappa shape index (κ1) is 12.9. The lowest BCUT2D eigenvalue weighted by Crippen LogP contribution is -2.09. The van der Waals surface area contributed by atoms with Gasteiger partial charge in [-0.3, -0.25) is 9.48 Å². The molecule has 2 rings (SSSR count). The molecule has 1 aromatic carbocycles. The van der Waals surface area contributed by atoms with Crippen molar-refractivity contribution in [2.75, 3.05) is 7.11 Å². The topological polar surface area (TPSA) is 44.1 Å². The lowest BCUT2D eigenvalue weighted by molar-refractivity contribution is 0.103. The summed E-state index contributed by atoms with van der Waals surface area (Å²) in [7, 11) is 3.17. The number of nitrogens with zero attached hydrogens (tertiary/aromatic N) is 2. The molecule has 0 saturated heterocycles. The minimum absolute atomic E-state index is 0.183. The Bertz CT molecular complexity index is 608. The molecule has 1 heterocycles.